The number of carbonyl (C=O) groups is 1. The normalized spacial score (nSPS) is 11.8. The van der Waals surface area contributed by atoms with E-state index in [4.69, 9.17) is 16.3 Å². The van der Waals surface area contributed by atoms with Crippen LogP contribution in [-0.4, -0.2) is 43.6 Å². The molecule has 134 valence electrons. The maximum Gasteiger partial charge on any atom is 0.389 e. The lowest BCUT2D eigenvalue weighted by atomic mass is 10.1. The van der Waals surface area contributed by atoms with E-state index in [-0.39, 0.29) is 23.6 Å². The molecule has 0 aromatic heterocycles. The number of aliphatic imine (C=N–C) groups is 1. The first kappa shape index (κ1) is 20.3. The summed E-state index contributed by atoms with van der Waals surface area (Å²) < 4.78 is 41.0. The van der Waals surface area contributed by atoms with Gasteiger partial charge in [0, 0.05) is 20.0 Å². The molecule has 0 atom stereocenters. The molecule has 0 saturated carbocycles. The smallest absolute Gasteiger partial charge is 0.389 e. The average molecular weight is 365 g/mol. The number of ether oxygens (including phenoxy) is 1. The van der Waals surface area contributed by atoms with Crippen LogP contribution >= 0.6 is 11.6 Å². The summed E-state index contributed by atoms with van der Waals surface area (Å²) >= 11 is 6.10. The third-order valence-corrected chi connectivity index (χ3v) is 3.55. The highest BCUT2D eigenvalue weighted by molar-refractivity contribution is 6.33. The standard InChI is InChI=1S/C16H20ClF3N2O2/c1-4-22(3)10-21-14-8-11(2)12(9-13(14)17)15(23)24-7-5-6-16(18,19)20/h8-10H,4-7H2,1-3H3/b21-10+. The van der Waals surface area contributed by atoms with Gasteiger partial charge in [0.2, 0.25) is 0 Å². The van der Waals surface area contributed by atoms with Gasteiger partial charge in [0.1, 0.15) is 0 Å². The Morgan fingerprint density at radius 1 is 1.42 bits per heavy atom. The van der Waals surface area contributed by atoms with Gasteiger partial charge < -0.3 is 9.64 Å². The van der Waals surface area contributed by atoms with Crippen molar-refractivity contribution in [2.45, 2.75) is 32.9 Å². The summed E-state index contributed by atoms with van der Waals surface area (Å²) in [6, 6.07) is 3.05. The molecule has 1 aromatic carbocycles. The SMILES string of the molecule is CCN(C)/C=N/c1cc(C)c(C(=O)OCCCC(F)(F)F)cc1Cl. The largest absolute Gasteiger partial charge is 0.462 e. The van der Waals surface area contributed by atoms with Crippen molar-refractivity contribution in [2.24, 2.45) is 4.99 Å². The van der Waals surface area contributed by atoms with Crippen molar-refractivity contribution < 1.29 is 22.7 Å². The summed E-state index contributed by atoms with van der Waals surface area (Å²) in [6.07, 6.45) is -3.89. The zero-order chi connectivity index (χ0) is 18.3. The summed E-state index contributed by atoms with van der Waals surface area (Å²) in [5.41, 5.74) is 1.31. The first-order valence-electron chi connectivity index (χ1n) is 7.42. The molecule has 0 spiro atoms. The van der Waals surface area contributed by atoms with E-state index in [1.807, 2.05) is 18.9 Å². The fourth-order valence-corrected chi connectivity index (χ4v) is 1.96. The van der Waals surface area contributed by atoms with Crippen LogP contribution in [0, 0.1) is 6.92 Å². The van der Waals surface area contributed by atoms with Crippen molar-refractivity contribution in [3.05, 3.63) is 28.3 Å². The molecule has 0 aliphatic heterocycles. The number of benzene rings is 1. The fraction of sp³-hybridized carbons (Fsp3) is 0.500. The first-order chi connectivity index (χ1) is 11.1. The van der Waals surface area contributed by atoms with E-state index in [1.54, 1.807) is 19.3 Å². The van der Waals surface area contributed by atoms with Gasteiger partial charge in [0.15, 0.2) is 0 Å². The van der Waals surface area contributed by atoms with Gasteiger partial charge in [-0.05, 0) is 38.0 Å². The maximum atomic E-state index is 12.0. The maximum absolute atomic E-state index is 12.0. The molecule has 0 fully saturated rings. The molecule has 0 amide bonds. The summed E-state index contributed by atoms with van der Waals surface area (Å²) in [7, 11) is 1.86. The van der Waals surface area contributed by atoms with E-state index in [0.717, 1.165) is 6.54 Å². The summed E-state index contributed by atoms with van der Waals surface area (Å²) in [6.45, 7) is 4.14. The monoisotopic (exact) mass is 364 g/mol. The minimum Gasteiger partial charge on any atom is -0.462 e. The Bertz CT molecular complexity index is 604. The van der Waals surface area contributed by atoms with Crippen molar-refractivity contribution in [2.75, 3.05) is 20.2 Å². The number of carbonyl (C=O) groups excluding carboxylic acids is 1. The third-order valence-electron chi connectivity index (χ3n) is 3.24. The van der Waals surface area contributed by atoms with E-state index in [0.29, 0.717) is 11.3 Å². The molecule has 0 bridgehead atoms. The van der Waals surface area contributed by atoms with Crippen LogP contribution in [-0.2, 0) is 4.74 Å². The second-order valence-electron chi connectivity index (χ2n) is 5.29. The Morgan fingerprint density at radius 3 is 2.67 bits per heavy atom. The van der Waals surface area contributed by atoms with Gasteiger partial charge in [0.05, 0.1) is 29.2 Å². The van der Waals surface area contributed by atoms with Crippen LogP contribution in [0.1, 0.15) is 35.7 Å². The Morgan fingerprint density at radius 2 is 2.08 bits per heavy atom. The second kappa shape index (κ2) is 8.92. The molecule has 1 rings (SSSR count). The van der Waals surface area contributed by atoms with Gasteiger partial charge in [-0.2, -0.15) is 13.2 Å². The van der Waals surface area contributed by atoms with Crippen LogP contribution in [0.2, 0.25) is 5.02 Å². The molecular weight excluding hydrogens is 345 g/mol. The number of nitrogens with zero attached hydrogens (tertiary/aromatic N) is 2. The van der Waals surface area contributed by atoms with Crippen molar-refractivity contribution >= 4 is 29.6 Å². The number of hydrogen-bond donors (Lipinski definition) is 0. The van der Waals surface area contributed by atoms with E-state index in [1.165, 1.54) is 6.07 Å². The van der Waals surface area contributed by atoms with E-state index in [9.17, 15) is 18.0 Å². The average Bonchev–Trinajstić information content (AvgIpc) is 2.50. The number of alkyl halides is 3. The molecule has 0 unspecified atom stereocenters. The van der Waals surface area contributed by atoms with Crippen LogP contribution < -0.4 is 0 Å². The highest BCUT2D eigenvalue weighted by Crippen LogP contribution is 2.29. The topological polar surface area (TPSA) is 41.9 Å². The zero-order valence-electron chi connectivity index (χ0n) is 13.8. The Hall–Kier alpha value is -1.76. The second-order valence-corrected chi connectivity index (χ2v) is 5.70. The quantitative estimate of drug-likeness (QED) is 0.303. The lowest BCUT2D eigenvalue weighted by Crippen LogP contribution is -2.14. The van der Waals surface area contributed by atoms with Crippen LogP contribution in [0.15, 0.2) is 17.1 Å². The molecule has 1 aromatic rings. The molecule has 0 aliphatic carbocycles. The van der Waals surface area contributed by atoms with Gasteiger partial charge in [-0.1, -0.05) is 11.6 Å². The molecule has 8 heteroatoms. The van der Waals surface area contributed by atoms with Crippen LogP contribution in [0.4, 0.5) is 18.9 Å². The van der Waals surface area contributed by atoms with E-state index < -0.39 is 18.6 Å². The molecule has 0 saturated heterocycles. The van der Waals surface area contributed by atoms with Gasteiger partial charge in [-0.15, -0.1) is 0 Å². The van der Waals surface area contributed by atoms with E-state index in [2.05, 4.69) is 4.99 Å². The highest BCUT2D eigenvalue weighted by atomic mass is 35.5. The molecule has 24 heavy (non-hydrogen) atoms. The van der Waals surface area contributed by atoms with Gasteiger partial charge in [-0.25, -0.2) is 9.79 Å². The Kier molecular flexibility index (Phi) is 7.54. The molecule has 0 aliphatic rings. The fourth-order valence-electron chi connectivity index (χ4n) is 1.74. The third kappa shape index (κ3) is 6.78. The summed E-state index contributed by atoms with van der Waals surface area (Å²) in [5, 5.41) is 0.267. The highest BCUT2D eigenvalue weighted by Gasteiger charge is 2.26. The minimum absolute atomic E-state index is 0.217. The summed E-state index contributed by atoms with van der Waals surface area (Å²) in [5.74, 6) is -0.696. The number of hydrogen-bond acceptors (Lipinski definition) is 3. The van der Waals surface area contributed by atoms with E-state index >= 15 is 0 Å². The van der Waals surface area contributed by atoms with Gasteiger partial charge in [0.25, 0.3) is 0 Å². The number of aryl methyl sites for hydroxylation is 1. The van der Waals surface area contributed by atoms with Crippen LogP contribution in [0.5, 0.6) is 0 Å². The zero-order valence-corrected chi connectivity index (χ0v) is 14.5. The minimum atomic E-state index is -4.25. The lowest BCUT2D eigenvalue weighted by Gasteiger charge is -2.11. The first-order valence-corrected chi connectivity index (χ1v) is 7.80. The van der Waals surface area contributed by atoms with Gasteiger partial charge in [-0.3, -0.25) is 0 Å². The van der Waals surface area contributed by atoms with Gasteiger partial charge >= 0.3 is 12.1 Å². The Labute approximate surface area is 144 Å². The van der Waals surface area contributed by atoms with Crippen molar-refractivity contribution in [1.82, 2.24) is 4.90 Å². The van der Waals surface area contributed by atoms with Crippen LogP contribution in [0.25, 0.3) is 0 Å². The van der Waals surface area contributed by atoms with Crippen molar-refractivity contribution in [1.29, 1.82) is 0 Å². The number of halogens is 4. The molecule has 0 heterocycles. The lowest BCUT2D eigenvalue weighted by molar-refractivity contribution is -0.137. The molecule has 0 N–H and O–H groups in total. The number of rotatable bonds is 7. The predicted octanol–water partition coefficient (Wildman–Crippen LogP) is 4.76. The predicted molar refractivity (Wildman–Crippen MR) is 88.2 cm³/mol. The molecule has 0 radical (unpaired) electrons. The van der Waals surface area contributed by atoms with Crippen molar-refractivity contribution in [3.8, 4) is 0 Å². The number of esters is 1. The molecule has 4 nitrogen and oxygen atoms in total. The molecular formula is C16H20ClF3N2O2. The van der Waals surface area contributed by atoms with Crippen molar-refractivity contribution in [3.63, 3.8) is 0 Å². The Balaban J connectivity index is 2.74. The van der Waals surface area contributed by atoms with Crippen LogP contribution in [0.3, 0.4) is 0 Å². The summed E-state index contributed by atoms with van der Waals surface area (Å²) in [4.78, 5) is 18.0.